The number of nitrogen functional groups attached to an aromatic ring is 1. The molecule has 0 unspecified atom stereocenters. The topological polar surface area (TPSA) is 133 Å². The number of hydrogen-bond acceptors (Lipinski definition) is 6. The maximum absolute atomic E-state index is 11.0. The van der Waals surface area contributed by atoms with Crippen LogP contribution in [0.4, 0.5) is 11.4 Å². The van der Waals surface area contributed by atoms with Crippen molar-refractivity contribution in [1.82, 2.24) is 0 Å². The minimum Gasteiger partial charge on any atom is -0.398 e. The van der Waals surface area contributed by atoms with E-state index in [1.54, 1.807) is 0 Å². The molecule has 82 valence electrons. The van der Waals surface area contributed by atoms with Crippen LogP contribution < -0.4 is 10.9 Å². The van der Waals surface area contributed by atoms with E-state index in [4.69, 9.17) is 10.9 Å². The molecule has 0 atom stereocenters. The predicted molar refractivity (Wildman–Crippen MR) is 53.2 cm³/mol. The van der Waals surface area contributed by atoms with E-state index < -0.39 is 20.5 Å². The molecule has 7 nitrogen and oxygen atoms in total. The van der Waals surface area contributed by atoms with Crippen LogP contribution in [0.3, 0.4) is 0 Å². The lowest BCUT2D eigenvalue weighted by molar-refractivity contribution is 0.598. The van der Waals surface area contributed by atoms with Crippen LogP contribution in [0.5, 0.6) is 0 Å². The van der Waals surface area contributed by atoms with E-state index in [0.29, 0.717) is 0 Å². The number of primary sulfonamides is 1. The van der Waals surface area contributed by atoms with Gasteiger partial charge in [0, 0.05) is 0 Å². The van der Waals surface area contributed by atoms with Gasteiger partial charge in [-0.2, -0.15) is 8.42 Å². The molecule has 0 saturated carbocycles. The van der Waals surface area contributed by atoms with Gasteiger partial charge in [-0.15, -0.1) is 4.36 Å². The summed E-state index contributed by atoms with van der Waals surface area (Å²) in [5, 5.41) is 4.85. The first kappa shape index (κ1) is 11.6. The predicted octanol–water partition coefficient (Wildman–Crippen LogP) is -0.390. The zero-order valence-corrected chi connectivity index (χ0v) is 8.92. The van der Waals surface area contributed by atoms with E-state index in [1.165, 1.54) is 12.1 Å². The fraction of sp³-hybridized carbons (Fsp3) is 0. The largest absolute Gasteiger partial charge is 0.398 e. The highest BCUT2D eigenvalue weighted by Crippen LogP contribution is 2.23. The Kier molecular flexibility index (Phi) is 3.07. The van der Waals surface area contributed by atoms with Crippen LogP contribution in [0.2, 0.25) is 0 Å². The lowest BCUT2D eigenvalue weighted by atomic mass is 10.3. The Hall–Kier alpha value is -1.45. The second-order valence-corrected chi connectivity index (χ2v) is 4.72. The Bertz CT molecular complexity index is 610. The molecule has 0 fully saturated rings. The van der Waals surface area contributed by atoms with Crippen LogP contribution in [-0.4, -0.2) is 16.8 Å². The molecule has 4 N–H and O–H groups in total. The monoisotopic (exact) mass is 249 g/mol. The number of rotatable bonds is 2. The number of hydrogen-bond donors (Lipinski definition) is 2. The molecule has 0 heterocycles. The highest BCUT2D eigenvalue weighted by molar-refractivity contribution is 7.89. The van der Waals surface area contributed by atoms with E-state index in [1.807, 2.05) is 0 Å². The van der Waals surface area contributed by atoms with Gasteiger partial charge in [-0.25, -0.2) is 13.6 Å². The lowest BCUT2D eigenvalue weighted by Crippen LogP contribution is -2.14. The summed E-state index contributed by atoms with van der Waals surface area (Å²) in [5.41, 5.74) is 5.24. The zero-order valence-electron chi connectivity index (χ0n) is 7.28. The molecule has 0 radical (unpaired) electrons. The van der Waals surface area contributed by atoms with Gasteiger partial charge in [-0.1, -0.05) is 0 Å². The third-order valence-electron chi connectivity index (χ3n) is 1.48. The van der Waals surface area contributed by atoms with Gasteiger partial charge in [0.2, 0.25) is 10.0 Å². The summed E-state index contributed by atoms with van der Waals surface area (Å²) in [6.45, 7) is 0. The molecule has 1 aromatic carbocycles. The summed E-state index contributed by atoms with van der Waals surface area (Å²) in [6, 6.07) is 3.46. The fourth-order valence-corrected chi connectivity index (χ4v) is 1.88. The van der Waals surface area contributed by atoms with E-state index in [9.17, 15) is 16.8 Å². The first-order valence-electron chi connectivity index (χ1n) is 3.54. The molecular formula is C6H7N3O4S2. The van der Waals surface area contributed by atoms with Gasteiger partial charge < -0.3 is 5.73 Å². The highest BCUT2D eigenvalue weighted by Gasteiger charge is 2.12. The minimum atomic E-state index is -3.98. The van der Waals surface area contributed by atoms with E-state index in [0.717, 1.165) is 6.07 Å². The van der Waals surface area contributed by atoms with Crippen molar-refractivity contribution in [3.05, 3.63) is 18.2 Å². The highest BCUT2D eigenvalue weighted by atomic mass is 32.2. The quantitative estimate of drug-likeness (QED) is 0.688. The Morgan fingerprint density at radius 1 is 1.27 bits per heavy atom. The van der Waals surface area contributed by atoms with Crippen LogP contribution in [0.25, 0.3) is 0 Å². The first-order valence-corrected chi connectivity index (χ1v) is 6.12. The van der Waals surface area contributed by atoms with Crippen molar-refractivity contribution in [3.8, 4) is 0 Å². The maximum atomic E-state index is 11.0. The van der Waals surface area contributed by atoms with Crippen LogP contribution in [0, 0.1) is 0 Å². The Labute approximate surface area is 87.5 Å². The molecule has 0 amide bonds. The average Bonchev–Trinajstić information content (AvgIpc) is 2.05. The molecule has 1 aromatic rings. The maximum Gasteiger partial charge on any atom is 0.316 e. The van der Waals surface area contributed by atoms with E-state index in [-0.39, 0.29) is 16.3 Å². The third kappa shape index (κ3) is 3.01. The standard InChI is InChI=1S/C6H7N3O4S2/c7-5-2-1-4(9-14(10)11)3-6(5)15(8,12)13/h1-3H,7H2,(H2,8,12,13). The van der Waals surface area contributed by atoms with Gasteiger partial charge in [0.1, 0.15) is 4.90 Å². The van der Waals surface area contributed by atoms with Crippen molar-refractivity contribution in [2.75, 3.05) is 5.73 Å². The summed E-state index contributed by atoms with van der Waals surface area (Å²) in [6.07, 6.45) is 0. The van der Waals surface area contributed by atoms with Crippen molar-refractivity contribution < 1.29 is 16.8 Å². The van der Waals surface area contributed by atoms with Crippen LogP contribution >= 0.6 is 0 Å². The molecule has 1 rings (SSSR count). The summed E-state index contributed by atoms with van der Waals surface area (Å²) in [4.78, 5) is -0.353. The van der Waals surface area contributed by atoms with Crippen molar-refractivity contribution >= 4 is 31.9 Å². The average molecular weight is 249 g/mol. The van der Waals surface area contributed by atoms with Gasteiger partial charge in [-0.05, 0) is 18.2 Å². The van der Waals surface area contributed by atoms with Crippen LogP contribution in [0.15, 0.2) is 27.5 Å². The van der Waals surface area contributed by atoms with E-state index in [2.05, 4.69) is 4.36 Å². The Morgan fingerprint density at radius 3 is 2.33 bits per heavy atom. The van der Waals surface area contributed by atoms with Crippen LogP contribution in [-0.2, 0) is 20.5 Å². The molecule has 0 bridgehead atoms. The molecule has 9 heteroatoms. The number of sulfonamides is 1. The molecule has 0 spiro atoms. The molecule has 0 aliphatic carbocycles. The molecule has 0 saturated heterocycles. The summed E-state index contributed by atoms with van der Waals surface area (Å²) < 4.78 is 45.6. The van der Waals surface area contributed by atoms with E-state index >= 15 is 0 Å². The lowest BCUT2D eigenvalue weighted by Gasteiger charge is -2.02. The molecule has 0 aliphatic rings. The Balaban J connectivity index is 3.49. The number of nitrogens with two attached hydrogens (primary N) is 2. The number of anilines is 1. The van der Waals surface area contributed by atoms with Crippen LogP contribution in [0.1, 0.15) is 0 Å². The third-order valence-corrected chi connectivity index (χ3v) is 2.81. The smallest absolute Gasteiger partial charge is 0.316 e. The van der Waals surface area contributed by atoms with Gasteiger partial charge in [0.25, 0.3) is 0 Å². The summed E-state index contributed by atoms with van der Waals surface area (Å²) in [5.74, 6) is 0. The van der Waals surface area contributed by atoms with Crippen molar-refractivity contribution in [3.63, 3.8) is 0 Å². The molecular weight excluding hydrogens is 242 g/mol. The second-order valence-electron chi connectivity index (χ2n) is 2.58. The van der Waals surface area contributed by atoms with Crippen molar-refractivity contribution in [1.29, 1.82) is 0 Å². The number of nitrogens with zero attached hydrogens (tertiary/aromatic N) is 1. The Morgan fingerprint density at radius 2 is 1.87 bits per heavy atom. The zero-order chi connectivity index (χ0) is 11.6. The first-order chi connectivity index (χ1) is 6.80. The van der Waals surface area contributed by atoms with Crippen molar-refractivity contribution in [2.45, 2.75) is 4.90 Å². The summed E-state index contributed by atoms with van der Waals surface area (Å²) in [7, 11) is -6.64. The molecule has 0 aliphatic heterocycles. The normalized spacial score (nSPS) is 11.0. The molecule has 15 heavy (non-hydrogen) atoms. The number of benzene rings is 1. The fourth-order valence-electron chi connectivity index (χ4n) is 0.912. The van der Waals surface area contributed by atoms with Crippen molar-refractivity contribution in [2.24, 2.45) is 9.50 Å². The molecule has 0 aromatic heterocycles. The van der Waals surface area contributed by atoms with Gasteiger partial charge in [0.15, 0.2) is 0 Å². The second kappa shape index (κ2) is 3.96. The van der Waals surface area contributed by atoms with Gasteiger partial charge in [-0.3, -0.25) is 0 Å². The van der Waals surface area contributed by atoms with Gasteiger partial charge >= 0.3 is 10.5 Å². The van der Waals surface area contributed by atoms with Gasteiger partial charge in [0.05, 0.1) is 11.4 Å². The minimum absolute atomic E-state index is 0.0541. The SMILES string of the molecule is Nc1ccc(N=S(=O)=O)cc1S(N)(=O)=O. The summed E-state index contributed by atoms with van der Waals surface area (Å²) >= 11 is 0.